The molecule has 4 rings (SSSR count). The number of aryl methyl sites for hydroxylation is 1. The highest BCUT2D eigenvalue weighted by molar-refractivity contribution is 6.07. The quantitative estimate of drug-likeness (QED) is 0.641. The van der Waals surface area contributed by atoms with Gasteiger partial charge in [-0.3, -0.25) is 4.99 Å². The van der Waals surface area contributed by atoms with Gasteiger partial charge < -0.3 is 16.0 Å². The van der Waals surface area contributed by atoms with E-state index in [1.54, 1.807) is 0 Å². The summed E-state index contributed by atoms with van der Waals surface area (Å²) in [5.74, 6) is 1.29. The Morgan fingerprint density at radius 2 is 2.12 bits per heavy atom. The van der Waals surface area contributed by atoms with Crippen LogP contribution in [0.1, 0.15) is 49.7 Å². The number of fused-ring (bicyclic) bond motifs is 2. The second kappa shape index (κ2) is 6.50. The number of carbonyl (C=O) groups is 1. The fraction of sp³-hybridized carbons (Fsp3) is 0.526. The minimum atomic E-state index is 0.00595. The molecule has 0 saturated carbocycles. The number of anilines is 1. The molecule has 25 heavy (non-hydrogen) atoms. The van der Waals surface area contributed by atoms with Crippen molar-refractivity contribution in [1.82, 2.24) is 4.90 Å². The number of hydrogen-bond acceptors (Lipinski definition) is 3. The van der Waals surface area contributed by atoms with Gasteiger partial charge in [-0.15, -0.1) is 0 Å². The molecule has 2 unspecified atom stereocenters. The summed E-state index contributed by atoms with van der Waals surface area (Å²) in [6.07, 6.45) is 6.59. The van der Waals surface area contributed by atoms with Crippen LogP contribution in [0.15, 0.2) is 28.2 Å². The van der Waals surface area contributed by atoms with Crippen LogP contribution in [-0.2, 0) is 0 Å². The molecule has 3 heterocycles. The molecule has 132 valence electrons. The number of piperidine rings is 1. The summed E-state index contributed by atoms with van der Waals surface area (Å²) in [5, 5.41) is 3.03. The Morgan fingerprint density at radius 3 is 2.80 bits per heavy atom. The van der Waals surface area contributed by atoms with Crippen molar-refractivity contribution in [3.8, 4) is 0 Å². The van der Waals surface area contributed by atoms with Crippen LogP contribution in [0.4, 0.5) is 10.5 Å². The molecule has 3 N–H and O–H groups in total. The van der Waals surface area contributed by atoms with Crippen molar-refractivity contribution < 1.29 is 4.79 Å². The van der Waals surface area contributed by atoms with Gasteiger partial charge >= 0.3 is 6.03 Å². The van der Waals surface area contributed by atoms with Crippen molar-refractivity contribution in [3.05, 3.63) is 29.3 Å². The van der Waals surface area contributed by atoms with Gasteiger partial charge in [0.1, 0.15) is 11.7 Å². The lowest BCUT2D eigenvalue weighted by molar-refractivity contribution is 0.0173. The van der Waals surface area contributed by atoms with Gasteiger partial charge in [0.15, 0.2) is 0 Å². The predicted octanol–water partition coefficient (Wildman–Crippen LogP) is 3.05. The fourth-order valence-corrected chi connectivity index (χ4v) is 4.11. The van der Waals surface area contributed by atoms with Gasteiger partial charge in [-0.25, -0.2) is 9.79 Å². The lowest BCUT2D eigenvalue weighted by Gasteiger charge is -2.52. The van der Waals surface area contributed by atoms with Crippen LogP contribution < -0.4 is 11.1 Å². The number of benzene rings is 1. The number of urea groups is 1. The molecule has 0 radical (unpaired) electrons. The van der Waals surface area contributed by atoms with E-state index in [4.69, 9.17) is 5.73 Å². The molecular formula is C19H25N5O. The van der Waals surface area contributed by atoms with Crippen molar-refractivity contribution in [1.29, 1.82) is 0 Å². The van der Waals surface area contributed by atoms with E-state index < -0.39 is 0 Å². The molecule has 2 bridgehead atoms. The number of carbonyl (C=O) groups excluding carboxylic acids is 1. The zero-order valence-electron chi connectivity index (χ0n) is 14.7. The van der Waals surface area contributed by atoms with Gasteiger partial charge in [-0.2, -0.15) is 0 Å². The van der Waals surface area contributed by atoms with Crippen LogP contribution in [0.5, 0.6) is 0 Å². The molecule has 2 fully saturated rings. The minimum absolute atomic E-state index is 0.00595. The number of nitrogens with one attached hydrogen (secondary N) is 1. The number of amides is 2. The monoisotopic (exact) mass is 339 g/mol. The Kier molecular flexibility index (Phi) is 4.19. The standard InChI is InChI=1S/C19H25N5O/c1-12-7-8-13(10-16(12)18(20)23-17-6-3-9-21-17)22-19(25)24-14-4-2-5-15(24)11-14/h7-8,10,14-15H,2-6,9,11H2,1H3,(H,22,25)(H2,20,21,23). The Balaban J connectivity index is 1.50. The number of hydrogen-bond donors (Lipinski definition) is 2. The second-order valence-corrected chi connectivity index (χ2v) is 7.24. The molecule has 3 aliphatic rings. The van der Waals surface area contributed by atoms with Crippen molar-refractivity contribution in [3.63, 3.8) is 0 Å². The van der Waals surface area contributed by atoms with Gasteiger partial charge in [-0.1, -0.05) is 6.07 Å². The maximum atomic E-state index is 12.6. The van der Waals surface area contributed by atoms with Gasteiger partial charge in [0, 0.05) is 36.3 Å². The summed E-state index contributed by atoms with van der Waals surface area (Å²) < 4.78 is 0. The highest BCUT2D eigenvalue weighted by Crippen LogP contribution is 2.38. The van der Waals surface area contributed by atoms with E-state index in [1.165, 1.54) is 6.42 Å². The van der Waals surface area contributed by atoms with Crippen molar-refractivity contribution in [2.24, 2.45) is 15.7 Å². The van der Waals surface area contributed by atoms with E-state index in [-0.39, 0.29) is 6.03 Å². The van der Waals surface area contributed by atoms with E-state index in [0.29, 0.717) is 17.9 Å². The molecule has 2 saturated heterocycles. The summed E-state index contributed by atoms with van der Waals surface area (Å²) in [7, 11) is 0. The molecule has 1 aromatic rings. The maximum Gasteiger partial charge on any atom is 0.322 e. The number of amidine groups is 2. The molecule has 2 atom stereocenters. The highest BCUT2D eigenvalue weighted by Gasteiger charge is 2.44. The van der Waals surface area contributed by atoms with E-state index in [9.17, 15) is 4.79 Å². The maximum absolute atomic E-state index is 12.6. The van der Waals surface area contributed by atoms with E-state index in [1.807, 2.05) is 30.0 Å². The zero-order valence-corrected chi connectivity index (χ0v) is 14.7. The Hall–Kier alpha value is -2.37. The number of aliphatic imine (C=N–C) groups is 2. The van der Waals surface area contributed by atoms with Crippen molar-refractivity contribution in [2.45, 2.75) is 57.5 Å². The van der Waals surface area contributed by atoms with Crippen LogP contribution in [0, 0.1) is 6.92 Å². The van der Waals surface area contributed by atoms with Crippen LogP contribution in [0.25, 0.3) is 0 Å². The van der Waals surface area contributed by atoms with Crippen LogP contribution in [0.3, 0.4) is 0 Å². The minimum Gasteiger partial charge on any atom is -0.383 e. The third-order valence-corrected chi connectivity index (χ3v) is 5.51. The molecule has 6 nitrogen and oxygen atoms in total. The smallest absolute Gasteiger partial charge is 0.322 e. The third-order valence-electron chi connectivity index (χ3n) is 5.51. The summed E-state index contributed by atoms with van der Waals surface area (Å²) in [5.41, 5.74) is 8.86. The predicted molar refractivity (Wildman–Crippen MR) is 100 cm³/mol. The Bertz CT molecular complexity index is 740. The number of rotatable bonds is 2. The zero-order chi connectivity index (χ0) is 17.4. The van der Waals surface area contributed by atoms with Crippen LogP contribution >= 0.6 is 0 Å². The number of nitrogens with two attached hydrogens (primary N) is 1. The van der Waals surface area contributed by atoms with Gasteiger partial charge in [0.2, 0.25) is 0 Å². The first kappa shape index (κ1) is 16.1. The van der Waals surface area contributed by atoms with Gasteiger partial charge in [0.25, 0.3) is 0 Å². The normalized spacial score (nSPS) is 25.4. The average molecular weight is 339 g/mol. The molecule has 1 aromatic carbocycles. The third kappa shape index (κ3) is 3.13. The first-order valence-corrected chi connectivity index (χ1v) is 9.19. The molecule has 3 aliphatic heterocycles. The molecule has 0 aromatic heterocycles. The van der Waals surface area contributed by atoms with Gasteiger partial charge in [-0.05, 0) is 56.7 Å². The summed E-state index contributed by atoms with van der Waals surface area (Å²) in [4.78, 5) is 23.4. The molecule has 6 heteroatoms. The van der Waals surface area contributed by atoms with Crippen molar-refractivity contribution >= 4 is 23.4 Å². The van der Waals surface area contributed by atoms with Crippen LogP contribution in [-0.4, -0.2) is 41.2 Å². The largest absolute Gasteiger partial charge is 0.383 e. The van der Waals surface area contributed by atoms with Crippen LogP contribution in [0.2, 0.25) is 0 Å². The molecule has 0 aliphatic carbocycles. The van der Waals surface area contributed by atoms with Crippen molar-refractivity contribution in [2.75, 3.05) is 11.9 Å². The SMILES string of the molecule is Cc1ccc(NC(=O)N2C3CCCC2C3)cc1C(N)=NC1=NCCC1. The summed E-state index contributed by atoms with van der Waals surface area (Å²) in [6, 6.07) is 6.67. The lowest BCUT2D eigenvalue weighted by atomic mass is 9.80. The first-order chi connectivity index (χ1) is 12.1. The Labute approximate surface area is 148 Å². The topological polar surface area (TPSA) is 83.1 Å². The molecule has 0 spiro atoms. The van der Waals surface area contributed by atoms with E-state index >= 15 is 0 Å². The molecule has 2 amide bonds. The van der Waals surface area contributed by atoms with E-state index in [0.717, 1.165) is 61.3 Å². The Morgan fingerprint density at radius 1 is 1.32 bits per heavy atom. The summed E-state index contributed by atoms with van der Waals surface area (Å²) in [6.45, 7) is 2.83. The van der Waals surface area contributed by atoms with E-state index in [2.05, 4.69) is 15.3 Å². The second-order valence-electron chi connectivity index (χ2n) is 7.24. The average Bonchev–Trinajstić information content (AvgIpc) is 3.10. The lowest BCUT2D eigenvalue weighted by Crippen LogP contribution is -2.62. The van der Waals surface area contributed by atoms with Gasteiger partial charge in [0.05, 0.1) is 0 Å². The fourth-order valence-electron chi connectivity index (χ4n) is 4.11. The summed E-state index contributed by atoms with van der Waals surface area (Å²) >= 11 is 0. The first-order valence-electron chi connectivity index (χ1n) is 9.19. The highest BCUT2D eigenvalue weighted by atomic mass is 16.2. The number of nitrogens with zero attached hydrogens (tertiary/aromatic N) is 3. The molecular weight excluding hydrogens is 314 g/mol.